The van der Waals surface area contributed by atoms with Crippen LogP contribution >= 0.6 is 51.2 Å². The molecule has 1 aromatic carbocycles. The summed E-state index contributed by atoms with van der Waals surface area (Å²) >= 11 is 5.29. The highest BCUT2D eigenvalue weighted by Gasteiger charge is 2.38. The molecule has 0 spiro atoms. The van der Waals surface area contributed by atoms with E-state index in [2.05, 4.69) is 67.7 Å². The predicted molar refractivity (Wildman–Crippen MR) is 120 cm³/mol. The SMILES string of the molecule is CCc1cnc(CCNC(=NC)NC2CC2c2ccc(Br)cc2)s1.I. The molecule has 2 unspecified atom stereocenters. The van der Waals surface area contributed by atoms with Gasteiger partial charge in [0.2, 0.25) is 0 Å². The molecular formula is C18H24BrIN4S. The van der Waals surface area contributed by atoms with Crippen molar-refractivity contribution in [2.24, 2.45) is 4.99 Å². The van der Waals surface area contributed by atoms with Crippen molar-refractivity contribution < 1.29 is 0 Å². The molecule has 1 aliphatic carbocycles. The van der Waals surface area contributed by atoms with E-state index >= 15 is 0 Å². The van der Waals surface area contributed by atoms with Crippen LogP contribution in [0, 0.1) is 0 Å². The molecule has 0 amide bonds. The molecule has 4 nitrogen and oxygen atoms in total. The van der Waals surface area contributed by atoms with Crippen LogP contribution in [0.1, 0.15) is 34.7 Å². The fourth-order valence-electron chi connectivity index (χ4n) is 2.72. The molecule has 2 N–H and O–H groups in total. The van der Waals surface area contributed by atoms with Gasteiger partial charge < -0.3 is 10.6 Å². The number of rotatable bonds is 6. The van der Waals surface area contributed by atoms with Crippen LogP contribution in [0.5, 0.6) is 0 Å². The van der Waals surface area contributed by atoms with E-state index in [1.807, 2.05) is 13.2 Å². The smallest absolute Gasteiger partial charge is 0.191 e. The van der Waals surface area contributed by atoms with Crippen molar-refractivity contribution in [3.63, 3.8) is 0 Å². The van der Waals surface area contributed by atoms with E-state index in [9.17, 15) is 0 Å². The van der Waals surface area contributed by atoms with Crippen molar-refractivity contribution in [1.82, 2.24) is 15.6 Å². The maximum Gasteiger partial charge on any atom is 0.191 e. The quantitative estimate of drug-likeness (QED) is 0.329. The van der Waals surface area contributed by atoms with Gasteiger partial charge in [0, 0.05) is 47.5 Å². The van der Waals surface area contributed by atoms with Gasteiger partial charge in [-0.2, -0.15) is 0 Å². The molecule has 2 aromatic rings. The number of aryl methyl sites for hydroxylation is 1. The van der Waals surface area contributed by atoms with E-state index in [1.54, 1.807) is 11.3 Å². The Bertz CT molecular complexity index is 701. The fraction of sp³-hybridized carbons (Fsp3) is 0.444. The monoisotopic (exact) mass is 534 g/mol. The Morgan fingerprint density at radius 1 is 1.36 bits per heavy atom. The molecule has 3 rings (SSSR count). The van der Waals surface area contributed by atoms with Gasteiger partial charge in [-0.3, -0.25) is 4.99 Å². The molecule has 1 saturated carbocycles. The minimum Gasteiger partial charge on any atom is -0.356 e. The molecule has 0 bridgehead atoms. The van der Waals surface area contributed by atoms with Gasteiger partial charge in [0.25, 0.3) is 0 Å². The molecule has 1 heterocycles. The number of guanidine groups is 1. The zero-order chi connectivity index (χ0) is 16.9. The molecule has 0 aliphatic heterocycles. The number of aromatic nitrogens is 1. The van der Waals surface area contributed by atoms with Gasteiger partial charge in [-0.05, 0) is 30.5 Å². The topological polar surface area (TPSA) is 49.3 Å². The molecule has 0 saturated heterocycles. The van der Waals surface area contributed by atoms with Gasteiger partial charge in [-0.15, -0.1) is 35.3 Å². The lowest BCUT2D eigenvalue weighted by atomic mass is 10.1. The first-order valence-electron chi connectivity index (χ1n) is 8.35. The van der Waals surface area contributed by atoms with Crippen molar-refractivity contribution in [2.45, 2.75) is 38.1 Å². The zero-order valence-electron chi connectivity index (χ0n) is 14.5. The first-order valence-corrected chi connectivity index (χ1v) is 9.96. The number of hydrogen-bond acceptors (Lipinski definition) is 3. The second-order valence-electron chi connectivity index (χ2n) is 5.97. The summed E-state index contributed by atoms with van der Waals surface area (Å²) in [6.45, 7) is 3.02. The molecule has 1 aromatic heterocycles. The first kappa shape index (κ1) is 20.6. The Labute approximate surface area is 179 Å². The van der Waals surface area contributed by atoms with Crippen molar-refractivity contribution in [3.8, 4) is 0 Å². The van der Waals surface area contributed by atoms with Crippen LogP contribution < -0.4 is 10.6 Å². The van der Waals surface area contributed by atoms with Crippen molar-refractivity contribution in [3.05, 3.63) is 50.4 Å². The third-order valence-electron chi connectivity index (χ3n) is 4.22. The van der Waals surface area contributed by atoms with Crippen molar-refractivity contribution in [1.29, 1.82) is 0 Å². The highest BCUT2D eigenvalue weighted by molar-refractivity contribution is 14.0. The van der Waals surface area contributed by atoms with E-state index in [4.69, 9.17) is 0 Å². The van der Waals surface area contributed by atoms with Crippen LogP contribution in [-0.4, -0.2) is 30.6 Å². The second-order valence-corrected chi connectivity index (χ2v) is 8.08. The van der Waals surface area contributed by atoms with Gasteiger partial charge in [0.15, 0.2) is 5.96 Å². The summed E-state index contributed by atoms with van der Waals surface area (Å²) < 4.78 is 1.13. The minimum atomic E-state index is 0. The fourth-order valence-corrected chi connectivity index (χ4v) is 3.84. The van der Waals surface area contributed by atoms with Crippen LogP contribution in [0.25, 0.3) is 0 Å². The van der Waals surface area contributed by atoms with Gasteiger partial charge in [0.05, 0.1) is 5.01 Å². The van der Waals surface area contributed by atoms with E-state index in [1.165, 1.54) is 15.4 Å². The standard InChI is InChI=1S/C18H23BrN4S.HI/c1-3-14-11-22-17(24-14)8-9-21-18(20-2)23-16-10-15(16)12-4-6-13(19)7-5-12;/h4-7,11,15-16H,3,8-10H2,1-2H3,(H2,20,21,23);1H. The van der Waals surface area contributed by atoms with Gasteiger partial charge in [-0.1, -0.05) is 35.0 Å². The average Bonchev–Trinajstić information content (AvgIpc) is 3.21. The van der Waals surface area contributed by atoms with Crippen LogP contribution in [0.2, 0.25) is 0 Å². The second kappa shape index (κ2) is 9.87. The molecule has 136 valence electrons. The maximum absolute atomic E-state index is 4.46. The van der Waals surface area contributed by atoms with Gasteiger partial charge >= 0.3 is 0 Å². The Hall–Kier alpha value is -0.670. The number of nitrogens with one attached hydrogen (secondary N) is 2. The Balaban J connectivity index is 0.00000225. The number of nitrogens with zero attached hydrogens (tertiary/aromatic N) is 2. The largest absolute Gasteiger partial charge is 0.356 e. The molecule has 1 fully saturated rings. The Morgan fingerprint density at radius 3 is 2.76 bits per heavy atom. The van der Waals surface area contributed by atoms with E-state index in [0.717, 1.165) is 36.2 Å². The van der Waals surface area contributed by atoms with E-state index < -0.39 is 0 Å². The molecule has 7 heteroatoms. The van der Waals surface area contributed by atoms with Crippen LogP contribution in [0.15, 0.2) is 39.9 Å². The van der Waals surface area contributed by atoms with Crippen LogP contribution in [-0.2, 0) is 12.8 Å². The summed E-state index contributed by atoms with van der Waals surface area (Å²) in [5, 5.41) is 8.10. The van der Waals surface area contributed by atoms with Crippen LogP contribution in [0.4, 0.5) is 0 Å². The van der Waals surface area contributed by atoms with E-state index in [0.29, 0.717) is 12.0 Å². The van der Waals surface area contributed by atoms with Crippen molar-refractivity contribution >= 4 is 57.2 Å². The van der Waals surface area contributed by atoms with Gasteiger partial charge in [0.1, 0.15) is 0 Å². The molecular weight excluding hydrogens is 511 g/mol. The Kier molecular flexibility index (Phi) is 8.15. The van der Waals surface area contributed by atoms with Crippen LogP contribution in [0.3, 0.4) is 0 Å². The highest BCUT2D eigenvalue weighted by atomic mass is 127. The third kappa shape index (κ3) is 5.92. The normalized spacial score (nSPS) is 19.2. The third-order valence-corrected chi connectivity index (χ3v) is 5.95. The number of halogens is 2. The number of thiazole rings is 1. The lowest BCUT2D eigenvalue weighted by molar-refractivity contribution is 0.778. The summed E-state index contributed by atoms with van der Waals surface area (Å²) in [6, 6.07) is 9.08. The lowest BCUT2D eigenvalue weighted by Gasteiger charge is -2.11. The first-order chi connectivity index (χ1) is 11.7. The minimum absolute atomic E-state index is 0. The lowest BCUT2D eigenvalue weighted by Crippen LogP contribution is -2.39. The van der Waals surface area contributed by atoms with E-state index in [-0.39, 0.29) is 24.0 Å². The highest BCUT2D eigenvalue weighted by Crippen LogP contribution is 2.40. The van der Waals surface area contributed by atoms with Crippen molar-refractivity contribution in [2.75, 3.05) is 13.6 Å². The number of benzene rings is 1. The summed E-state index contributed by atoms with van der Waals surface area (Å²) in [5.74, 6) is 1.47. The summed E-state index contributed by atoms with van der Waals surface area (Å²) in [7, 11) is 1.82. The van der Waals surface area contributed by atoms with Gasteiger partial charge in [-0.25, -0.2) is 4.98 Å². The average molecular weight is 535 g/mol. The Morgan fingerprint density at radius 2 is 2.12 bits per heavy atom. The predicted octanol–water partition coefficient (Wildman–Crippen LogP) is 4.35. The molecule has 25 heavy (non-hydrogen) atoms. The summed E-state index contributed by atoms with van der Waals surface area (Å²) in [4.78, 5) is 10.1. The molecule has 1 aliphatic rings. The summed E-state index contributed by atoms with van der Waals surface area (Å²) in [6.07, 6.45) is 5.15. The maximum atomic E-state index is 4.46. The number of hydrogen-bond donors (Lipinski definition) is 2. The molecule has 0 radical (unpaired) electrons. The summed E-state index contributed by atoms with van der Waals surface area (Å²) in [5.41, 5.74) is 1.39. The molecule has 2 atom stereocenters. The zero-order valence-corrected chi connectivity index (χ0v) is 19.2. The number of aliphatic imine (C=N–C) groups is 1.